The number of nitrogens with zero attached hydrogens (tertiary/aromatic N) is 2. The van der Waals surface area contributed by atoms with Gasteiger partial charge in [-0.15, -0.1) is 0 Å². The predicted octanol–water partition coefficient (Wildman–Crippen LogP) is 2.33. The fourth-order valence-electron chi connectivity index (χ4n) is 2.16. The van der Waals surface area contributed by atoms with E-state index in [2.05, 4.69) is 49.2 Å². The van der Waals surface area contributed by atoms with Crippen molar-refractivity contribution in [2.24, 2.45) is 0 Å². The molecule has 0 aliphatic carbocycles. The van der Waals surface area contributed by atoms with E-state index < -0.39 is 0 Å². The first kappa shape index (κ1) is 9.36. The minimum Gasteiger partial charge on any atom is -0.315 e. The average molecular weight is 266 g/mol. The molecular formula is C11H12BrN3. The maximum Gasteiger partial charge on any atom is 0.0687 e. The van der Waals surface area contributed by atoms with Crippen molar-refractivity contribution >= 4 is 26.8 Å². The van der Waals surface area contributed by atoms with Crippen LogP contribution >= 0.6 is 15.9 Å². The summed E-state index contributed by atoms with van der Waals surface area (Å²) in [6, 6.07) is 6.83. The molecule has 3 nitrogen and oxygen atoms in total. The number of hydrogen-bond acceptors (Lipinski definition) is 2. The van der Waals surface area contributed by atoms with E-state index >= 15 is 0 Å². The molecule has 3 rings (SSSR count). The molecule has 0 amide bonds. The van der Waals surface area contributed by atoms with Crippen LogP contribution in [0.4, 0.5) is 0 Å². The Balaban J connectivity index is 2.11. The third-order valence-electron chi connectivity index (χ3n) is 2.94. The van der Waals surface area contributed by atoms with Gasteiger partial charge in [0.2, 0.25) is 0 Å². The van der Waals surface area contributed by atoms with Gasteiger partial charge in [0.05, 0.1) is 17.8 Å². The van der Waals surface area contributed by atoms with Crippen molar-refractivity contribution in [3.8, 4) is 0 Å². The molecule has 0 saturated carbocycles. The van der Waals surface area contributed by atoms with E-state index in [9.17, 15) is 0 Å². The van der Waals surface area contributed by atoms with E-state index in [-0.39, 0.29) is 0 Å². The van der Waals surface area contributed by atoms with Crippen LogP contribution in [0, 0.1) is 0 Å². The third-order valence-corrected chi connectivity index (χ3v) is 3.43. The standard InChI is InChI=1S/C11H12BrN3/c12-9-1-2-11-8(5-9)6-14-15(11)10-3-4-13-7-10/h1-2,5-6,10,13H,3-4,7H2/t10-/m1/s1. The highest BCUT2D eigenvalue weighted by molar-refractivity contribution is 9.10. The smallest absolute Gasteiger partial charge is 0.0687 e. The molecule has 1 saturated heterocycles. The van der Waals surface area contributed by atoms with Crippen molar-refractivity contribution in [1.82, 2.24) is 15.1 Å². The molecule has 0 unspecified atom stereocenters. The summed E-state index contributed by atoms with van der Waals surface area (Å²) in [5.41, 5.74) is 1.23. The molecule has 15 heavy (non-hydrogen) atoms. The second-order valence-electron chi connectivity index (χ2n) is 3.94. The van der Waals surface area contributed by atoms with Crippen molar-refractivity contribution in [3.05, 3.63) is 28.9 Å². The number of aromatic nitrogens is 2. The molecule has 1 aliphatic rings. The summed E-state index contributed by atoms with van der Waals surface area (Å²) in [5.74, 6) is 0. The number of nitrogens with one attached hydrogen (secondary N) is 1. The van der Waals surface area contributed by atoms with E-state index in [1.165, 1.54) is 17.3 Å². The lowest BCUT2D eigenvalue weighted by molar-refractivity contribution is 0.506. The number of halogens is 1. The molecule has 4 heteroatoms. The normalized spacial score (nSPS) is 21.3. The highest BCUT2D eigenvalue weighted by Gasteiger charge is 2.18. The van der Waals surface area contributed by atoms with Crippen molar-refractivity contribution in [1.29, 1.82) is 0 Å². The quantitative estimate of drug-likeness (QED) is 0.858. The Kier molecular flexibility index (Phi) is 2.25. The minimum absolute atomic E-state index is 0.517. The zero-order chi connectivity index (χ0) is 10.3. The van der Waals surface area contributed by atoms with Gasteiger partial charge in [0, 0.05) is 16.4 Å². The molecule has 0 radical (unpaired) electrons. The number of hydrogen-bond donors (Lipinski definition) is 1. The number of benzene rings is 1. The van der Waals surface area contributed by atoms with E-state index in [4.69, 9.17) is 0 Å². The van der Waals surface area contributed by atoms with Crippen LogP contribution in [0.3, 0.4) is 0 Å². The largest absolute Gasteiger partial charge is 0.315 e. The fraction of sp³-hybridized carbons (Fsp3) is 0.364. The van der Waals surface area contributed by atoms with Gasteiger partial charge in [-0.3, -0.25) is 4.68 Å². The topological polar surface area (TPSA) is 29.9 Å². The van der Waals surface area contributed by atoms with Gasteiger partial charge in [-0.05, 0) is 31.2 Å². The Bertz CT molecular complexity index is 486. The maximum absolute atomic E-state index is 4.47. The molecule has 1 atom stereocenters. The highest BCUT2D eigenvalue weighted by Crippen LogP contribution is 2.24. The first-order valence-electron chi connectivity index (χ1n) is 5.18. The van der Waals surface area contributed by atoms with Gasteiger partial charge < -0.3 is 5.32 Å². The van der Waals surface area contributed by atoms with Gasteiger partial charge in [0.15, 0.2) is 0 Å². The molecule has 2 heterocycles. The second-order valence-corrected chi connectivity index (χ2v) is 4.85. The van der Waals surface area contributed by atoms with Crippen LogP contribution in [0.5, 0.6) is 0 Å². The van der Waals surface area contributed by atoms with Crippen LogP contribution in [0.1, 0.15) is 12.5 Å². The molecule has 1 aliphatic heterocycles. The predicted molar refractivity (Wildman–Crippen MR) is 64.0 cm³/mol. The lowest BCUT2D eigenvalue weighted by atomic mass is 10.2. The summed E-state index contributed by atoms with van der Waals surface area (Å²) in [6.45, 7) is 2.13. The van der Waals surface area contributed by atoms with Crippen LogP contribution in [0.25, 0.3) is 10.9 Å². The van der Waals surface area contributed by atoms with Crippen molar-refractivity contribution < 1.29 is 0 Å². The zero-order valence-corrected chi connectivity index (χ0v) is 9.87. The van der Waals surface area contributed by atoms with Gasteiger partial charge in [0.25, 0.3) is 0 Å². The van der Waals surface area contributed by atoms with Crippen molar-refractivity contribution in [2.75, 3.05) is 13.1 Å². The first-order valence-corrected chi connectivity index (χ1v) is 5.97. The van der Waals surface area contributed by atoms with E-state index in [1.807, 2.05) is 6.20 Å². The lowest BCUT2D eigenvalue weighted by Crippen LogP contribution is -2.14. The third kappa shape index (κ3) is 1.58. The van der Waals surface area contributed by atoms with Crippen molar-refractivity contribution in [3.63, 3.8) is 0 Å². The number of rotatable bonds is 1. The average Bonchev–Trinajstić information content (AvgIpc) is 2.82. The van der Waals surface area contributed by atoms with Gasteiger partial charge >= 0.3 is 0 Å². The molecule has 0 bridgehead atoms. The summed E-state index contributed by atoms with van der Waals surface area (Å²) in [7, 11) is 0. The monoisotopic (exact) mass is 265 g/mol. The Labute approximate surface area is 96.6 Å². The molecule has 1 fully saturated rings. The van der Waals surface area contributed by atoms with E-state index in [0.717, 1.165) is 17.6 Å². The minimum atomic E-state index is 0.517. The molecular weight excluding hydrogens is 254 g/mol. The van der Waals surface area contributed by atoms with Crippen LogP contribution in [-0.4, -0.2) is 22.9 Å². The molecule has 2 aromatic rings. The Morgan fingerprint density at radius 3 is 3.20 bits per heavy atom. The first-order chi connectivity index (χ1) is 7.34. The second kappa shape index (κ2) is 3.61. The molecule has 1 N–H and O–H groups in total. The molecule has 1 aromatic carbocycles. The Hall–Kier alpha value is -0.870. The summed E-state index contributed by atoms with van der Waals surface area (Å²) in [6.07, 6.45) is 3.12. The summed E-state index contributed by atoms with van der Waals surface area (Å²) >= 11 is 3.48. The zero-order valence-electron chi connectivity index (χ0n) is 8.28. The fourth-order valence-corrected chi connectivity index (χ4v) is 2.54. The Morgan fingerprint density at radius 1 is 1.47 bits per heavy atom. The van der Waals surface area contributed by atoms with Gasteiger partial charge in [-0.25, -0.2) is 0 Å². The summed E-state index contributed by atoms with van der Waals surface area (Å²) in [4.78, 5) is 0. The van der Waals surface area contributed by atoms with Gasteiger partial charge in [0.1, 0.15) is 0 Å². The van der Waals surface area contributed by atoms with Crippen LogP contribution in [-0.2, 0) is 0 Å². The van der Waals surface area contributed by atoms with Crippen LogP contribution in [0.15, 0.2) is 28.9 Å². The van der Waals surface area contributed by atoms with Crippen LogP contribution < -0.4 is 5.32 Å². The van der Waals surface area contributed by atoms with Gasteiger partial charge in [-0.2, -0.15) is 5.10 Å². The van der Waals surface area contributed by atoms with E-state index in [0.29, 0.717) is 6.04 Å². The lowest BCUT2D eigenvalue weighted by Gasteiger charge is -2.10. The van der Waals surface area contributed by atoms with Gasteiger partial charge in [-0.1, -0.05) is 15.9 Å². The molecule has 78 valence electrons. The Morgan fingerprint density at radius 2 is 2.40 bits per heavy atom. The maximum atomic E-state index is 4.47. The van der Waals surface area contributed by atoms with Crippen LogP contribution in [0.2, 0.25) is 0 Å². The highest BCUT2D eigenvalue weighted by atomic mass is 79.9. The SMILES string of the molecule is Brc1ccc2c(cnn2[C@@H]2CCNC2)c1. The summed E-state index contributed by atoms with van der Waals surface area (Å²) < 4.78 is 3.25. The summed E-state index contributed by atoms with van der Waals surface area (Å²) in [5, 5.41) is 9.05. The molecule has 0 spiro atoms. The molecule has 1 aromatic heterocycles. The van der Waals surface area contributed by atoms with Crippen molar-refractivity contribution in [2.45, 2.75) is 12.5 Å². The number of fused-ring (bicyclic) bond motifs is 1. The van der Waals surface area contributed by atoms with E-state index in [1.54, 1.807) is 0 Å².